The van der Waals surface area contributed by atoms with E-state index in [4.69, 9.17) is 19.7 Å². The van der Waals surface area contributed by atoms with Crippen LogP contribution in [0.3, 0.4) is 0 Å². The molecule has 0 aromatic carbocycles. The van der Waals surface area contributed by atoms with E-state index in [1.807, 2.05) is 0 Å². The van der Waals surface area contributed by atoms with Gasteiger partial charge in [-0.1, -0.05) is 0 Å². The van der Waals surface area contributed by atoms with Crippen LogP contribution in [0.15, 0.2) is 0 Å². The van der Waals surface area contributed by atoms with Crippen molar-refractivity contribution < 1.29 is 29.9 Å². The normalized spacial score (nSPS) is 34.0. The number of rotatable bonds is 4. The maximum absolute atomic E-state index is 9.63. The molecule has 6 nitrogen and oxygen atoms in total. The van der Waals surface area contributed by atoms with Crippen molar-refractivity contribution in [3.63, 3.8) is 0 Å². The molecule has 0 saturated carbocycles. The van der Waals surface area contributed by atoms with Crippen molar-refractivity contribution in [2.24, 2.45) is 0 Å². The summed E-state index contributed by atoms with van der Waals surface area (Å²) in [6.07, 6.45) is -4.13. The molecule has 4 N–H and O–H groups in total. The van der Waals surface area contributed by atoms with E-state index in [1.54, 1.807) is 13.8 Å². The molecule has 90 valence electrons. The Labute approximate surface area is 88.1 Å². The summed E-state index contributed by atoms with van der Waals surface area (Å²) < 4.78 is 10.6. The lowest BCUT2D eigenvalue weighted by Gasteiger charge is -2.24. The lowest BCUT2D eigenvalue weighted by atomic mass is 10.0. The van der Waals surface area contributed by atoms with Crippen molar-refractivity contribution in [2.75, 3.05) is 13.2 Å². The molecule has 0 aromatic rings. The van der Waals surface area contributed by atoms with Crippen LogP contribution in [0.25, 0.3) is 0 Å². The number of ether oxygens (including phenoxy) is 2. The van der Waals surface area contributed by atoms with Crippen LogP contribution < -0.4 is 0 Å². The predicted octanol–water partition coefficient (Wildman–Crippen LogP) is -1.79. The number of hydrogen-bond donors (Lipinski definition) is 4. The largest absolute Gasteiger partial charge is 0.394 e. The summed E-state index contributed by atoms with van der Waals surface area (Å²) in [7, 11) is 0. The highest BCUT2D eigenvalue weighted by Crippen LogP contribution is 2.30. The average Bonchev–Trinajstić information content (AvgIpc) is 2.51. The SMILES string of the molecule is CC1(C)O[C@@H]([C@@H](O)[C@H](O)CO)[C@@H](CO)O1. The van der Waals surface area contributed by atoms with Gasteiger partial charge in [-0.3, -0.25) is 0 Å². The highest BCUT2D eigenvalue weighted by atomic mass is 16.8. The van der Waals surface area contributed by atoms with E-state index in [9.17, 15) is 10.2 Å². The third kappa shape index (κ3) is 2.87. The Kier molecular flexibility index (Phi) is 4.05. The molecule has 0 radical (unpaired) electrons. The van der Waals surface area contributed by atoms with Crippen LogP contribution in [0.5, 0.6) is 0 Å². The van der Waals surface area contributed by atoms with Crippen LogP contribution in [-0.2, 0) is 9.47 Å². The maximum atomic E-state index is 9.63. The quantitative estimate of drug-likeness (QED) is 0.448. The zero-order valence-electron chi connectivity index (χ0n) is 8.83. The summed E-state index contributed by atoms with van der Waals surface area (Å²) in [6, 6.07) is 0. The summed E-state index contributed by atoms with van der Waals surface area (Å²) in [5.74, 6) is -0.909. The second kappa shape index (κ2) is 4.73. The van der Waals surface area contributed by atoms with Crippen LogP contribution in [0.1, 0.15) is 13.8 Å². The maximum Gasteiger partial charge on any atom is 0.164 e. The summed E-state index contributed by atoms with van der Waals surface area (Å²) in [6.45, 7) is 2.41. The first-order valence-corrected chi connectivity index (χ1v) is 4.85. The molecular formula is C9H18O6. The third-order valence-electron chi connectivity index (χ3n) is 2.32. The summed E-state index contributed by atoms with van der Waals surface area (Å²) in [4.78, 5) is 0. The minimum atomic E-state index is -1.30. The highest BCUT2D eigenvalue weighted by Gasteiger charge is 2.46. The van der Waals surface area contributed by atoms with E-state index in [0.717, 1.165) is 0 Å². The Morgan fingerprint density at radius 3 is 2.27 bits per heavy atom. The molecule has 4 atom stereocenters. The van der Waals surface area contributed by atoms with Gasteiger partial charge in [0.25, 0.3) is 0 Å². The molecule has 0 aromatic heterocycles. The zero-order valence-corrected chi connectivity index (χ0v) is 8.83. The Morgan fingerprint density at radius 1 is 1.20 bits per heavy atom. The van der Waals surface area contributed by atoms with Gasteiger partial charge in [-0.25, -0.2) is 0 Å². The second-order valence-corrected chi connectivity index (χ2v) is 4.06. The summed E-state index contributed by atoms with van der Waals surface area (Å²) in [5, 5.41) is 36.6. The number of hydrogen-bond acceptors (Lipinski definition) is 6. The van der Waals surface area contributed by atoms with E-state index < -0.39 is 36.8 Å². The van der Waals surface area contributed by atoms with Gasteiger partial charge in [0.05, 0.1) is 13.2 Å². The molecule has 1 aliphatic rings. The van der Waals surface area contributed by atoms with Crippen LogP contribution in [0.4, 0.5) is 0 Å². The average molecular weight is 222 g/mol. The van der Waals surface area contributed by atoms with E-state index in [0.29, 0.717) is 0 Å². The Balaban J connectivity index is 2.68. The van der Waals surface area contributed by atoms with E-state index >= 15 is 0 Å². The van der Waals surface area contributed by atoms with Gasteiger partial charge in [-0.15, -0.1) is 0 Å². The third-order valence-corrected chi connectivity index (χ3v) is 2.32. The van der Waals surface area contributed by atoms with Crippen LogP contribution in [0.2, 0.25) is 0 Å². The Morgan fingerprint density at radius 2 is 1.80 bits per heavy atom. The van der Waals surface area contributed by atoms with Gasteiger partial charge in [-0.05, 0) is 13.8 Å². The lowest BCUT2D eigenvalue weighted by molar-refractivity contribution is -0.165. The second-order valence-electron chi connectivity index (χ2n) is 4.06. The topological polar surface area (TPSA) is 99.4 Å². The van der Waals surface area contributed by atoms with Crippen molar-refractivity contribution in [3.8, 4) is 0 Å². The molecule has 1 heterocycles. The van der Waals surface area contributed by atoms with Gasteiger partial charge >= 0.3 is 0 Å². The van der Waals surface area contributed by atoms with Crippen molar-refractivity contribution >= 4 is 0 Å². The van der Waals surface area contributed by atoms with Gasteiger partial charge < -0.3 is 29.9 Å². The lowest BCUT2D eigenvalue weighted by Crippen LogP contribution is -2.45. The van der Waals surface area contributed by atoms with Crippen LogP contribution in [0, 0.1) is 0 Å². The molecular weight excluding hydrogens is 204 g/mol. The van der Waals surface area contributed by atoms with Crippen LogP contribution in [-0.4, -0.2) is 63.8 Å². The number of aliphatic hydroxyl groups is 4. The fourth-order valence-electron chi connectivity index (χ4n) is 1.62. The fourth-order valence-corrected chi connectivity index (χ4v) is 1.62. The zero-order chi connectivity index (χ0) is 11.6. The molecule has 0 aliphatic carbocycles. The molecule has 1 fully saturated rings. The molecule has 0 spiro atoms. The molecule has 6 heteroatoms. The molecule has 1 saturated heterocycles. The summed E-state index contributed by atoms with van der Waals surface area (Å²) >= 11 is 0. The smallest absolute Gasteiger partial charge is 0.164 e. The molecule has 1 rings (SSSR count). The fraction of sp³-hybridized carbons (Fsp3) is 1.00. The van der Waals surface area contributed by atoms with Crippen LogP contribution >= 0.6 is 0 Å². The van der Waals surface area contributed by atoms with Gasteiger partial charge in [0.1, 0.15) is 24.4 Å². The molecule has 15 heavy (non-hydrogen) atoms. The first-order chi connectivity index (χ1) is 6.91. The molecule has 0 unspecified atom stereocenters. The first kappa shape index (κ1) is 12.8. The van der Waals surface area contributed by atoms with E-state index in [2.05, 4.69) is 0 Å². The molecule has 0 bridgehead atoms. The minimum absolute atomic E-state index is 0.316. The van der Waals surface area contributed by atoms with Gasteiger partial charge in [0.2, 0.25) is 0 Å². The van der Waals surface area contributed by atoms with Gasteiger partial charge in [-0.2, -0.15) is 0 Å². The van der Waals surface area contributed by atoms with Gasteiger partial charge in [0.15, 0.2) is 5.79 Å². The molecule has 0 amide bonds. The van der Waals surface area contributed by atoms with Crippen molar-refractivity contribution in [2.45, 2.75) is 44.1 Å². The van der Waals surface area contributed by atoms with Crippen molar-refractivity contribution in [1.82, 2.24) is 0 Å². The number of aliphatic hydroxyl groups excluding tert-OH is 4. The van der Waals surface area contributed by atoms with Crippen molar-refractivity contribution in [3.05, 3.63) is 0 Å². The molecule has 1 aliphatic heterocycles. The van der Waals surface area contributed by atoms with Gasteiger partial charge in [0, 0.05) is 0 Å². The minimum Gasteiger partial charge on any atom is -0.394 e. The summed E-state index contributed by atoms with van der Waals surface area (Å²) in [5.41, 5.74) is 0. The monoisotopic (exact) mass is 222 g/mol. The van der Waals surface area contributed by atoms with E-state index in [-0.39, 0.29) is 6.61 Å². The predicted molar refractivity (Wildman–Crippen MR) is 50.0 cm³/mol. The standard InChI is InChI=1S/C9H18O6/c1-9(2)14-6(4-11)8(15-9)7(13)5(12)3-10/h5-8,10-13H,3-4H2,1-2H3/t5-,6-,7+,8-/m1/s1. The van der Waals surface area contributed by atoms with E-state index in [1.165, 1.54) is 0 Å². The first-order valence-electron chi connectivity index (χ1n) is 4.85. The Bertz CT molecular complexity index is 207. The Hall–Kier alpha value is -0.240. The van der Waals surface area contributed by atoms with Crippen molar-refractivity contribution in [1.29, 1.82) is 0 Å². The highest BCUT2D eigenvalue weighted by molar-refractivity contribution is 4.89.